The summed E-state index contributed by atoms with van der Waals surface area (Å²) in [6, 6.07) is 12.7. The van der Waals surface area contributed by atoms with Crippen LogP contribution in [0.25, 0.3) is 10.1 Å². The van der Waals surface area contributed by atoms with Gasteiger partial charge in [0.1, 0.15) is 11.5 Å². The van der Waals surface area contributed by atoms with E-state index in [1.807, 2.05) is 19.1 Å². The van der Waals surface area contributed by atoms with Crippen molar-refractivity contribution < 1.29 is 4.42 Å². The van der Waals surface area contributed by atoms with Gasteiger partial charge in [-0.25, -0.2) is 0 Å². The van der Waals surface area contributed by atoms with Crippen LogP contribution >= 0.6 is 11.3 Å². The van der Waals surface area contributed by atoms with Crippen molar-refractivity contribution in [3.8, 4) is 0 Å². The first-order valence-electron chi connectivity index (χ1n) is 7.11. The molecule has 2 aromatic heterocycles. The van der Waals surface area contributed by atoms with Gasteiger partial charge in [-0.05, 0) is 48.5 Å². The van der Waals surface area contributed by atoms with Gasteiger partial charge >= 0.3 is 0 Å². The monoisotopic (exact) mass is 300 g/mol. The molecular weight excluding hydrogens is 280 g/mol. The lowest BCUT2D eigenvalue weighted by atomic mass is 10.0. The Morgan fingerprint density at radius 3 is 2.76 bits per heavy atom. The zero-order chi connectivity index (χ0) is 14.8. The summed E-state index contributed by atoms with van der Waals surface area (Å²) in [6.07, 6.45) is 0. The number of rotatable bonds is 5. The Bertz CT molecular complexity index is 731. The molecule has 0 bridgehead atoms. The Hall–Kier alpha value is -1.62. The van der Waals surface area contributed by atoms with E-state index in [9.17, 15) is 0 Å². The molecule has 0 saturated heterocycles. The summed E-state index contributed by atoms with van der Waals surface area (Å²) in [7, 11) is 2.10. The minimum atomic E-state index is 0.201. The minimum Gasteiger partial charge on any atom is -0.465 e. The molecule has 3 nitrogen and oxygen atoms in total. The standard InChI is InChI=1S/C17H20N2OS/c1-12-7-8-13(20-12)10-19(2)16(9-18)15-11-21-17-6-4-3-5-14(15)17/h3-8,11,16H,9-10,18H2,1-2H3. The van der Waals surface area contributed by atoms with Crippen molar-refractivity contribution >= 4 is 21.4 Å². The van der Waals surface area contributed by atoms with Crippen LogP contribution in [0.15, 0.2) is 46.2 Å². The van der Waals surface area contributed by atoms with Crippen LogP contribution in [-0.2, 0) is 6.54 Å². The molecule has 1 aromatic carbocycles. The zero-order valence-corrected chi connectivity index (χ0v) is 13.2. The first-order chi connectivity index (χ1) is 10.2. The third-order valence-electron chi connectivity index (χ3n) is 3.83. The number of nitrogens with zero attached hydrogens (tertiary/aromatic N) is 1. The molecular formula is C17H20N2OS. The molecule has 1 unspecified atom stereocenters. The van der Waals surface area contributed by atoms with Gasteiger partial charge in [0.15, 0.2) is 0 Å². The molecule has 0 aliphatic heterocycles. The van der Waals surface area contributed by atoms with Gasteiger partial charge in [0, 0.05) is 17.3 Å². The van der Waals surface area contributed by atoms with Crippen LogP contribution in [0, 0.1) is 6.92 Å². The normalized spacial score (nSPS) is 13.1. The molecule has 21 heavy (non-hydrogen) atoms. The van der Waals surface area contributed by atoms with Gasteiger partial charge in [-0.2, -0.15) is 0 Å². The van der Waals surface area contributed by atoms with Crippen LogP contribution in [0.4, 0.5) is 0 Å². The van der Waals surface area contributed by atoms with Gasteiger partial charge in [0.05, 0.1) is 6.54 Å². The lowest BCUT2D eigenvalue weighted by Gasteiger charge is -2.26. The molecule has 2 N–H and O–H groups in total. The molecule has 0 aliphatic carbocycles. The maximum absolute atomic E-state index is 6.05. The number of nitrogens with two attached hydrogens (primary N) is 1. The van der Waals surface area contributed by atoms with Crippen LogP contribution in [0.1, 0.15) is 23.1 Å². The fourth-order valence-electron chi connectivity index (χ4n) is 2.73. The Morgan fingerprint density at radius 1 is 1.24 bits per heavy atom. The van der Waals surface area contributed by atoms with E-state index < -0.39 is 0 Å². The highest BCUT2D eigenvalue weighted by Crippen LogP contribution is 2.32. The molecule has 1 atom stereocenters. The average molecular weight is 300 g/mol. The fraction of sp³-hybridized carbons (Fsp3) is 0.294. The van der Waals surface area contributed by atoms with Gasteiger partial charge in [0.25, 0.3) is 0 Å². The summed E-state index contributed by atoms with van der Waals surface area (Å²) in [5, 5.41) is 3.53. The Kier molecular flexibility index (Phi) is 4.10. The van der Waals surface area contributed by atoms with E-state index in [0.29, 0.717) is 6.54 Å². The number of hydrogen-bond acceptors (Lipinski definition) is 4. The third-order valence-corrected chi connectivity index (χ3v) is 4.81. The number of furan rings is 1. The molecule has 3 rings (SSSR count). The van der Waals surface area contributed by atoms with Gasteiger partial charge in [-0.3, -0.25) is 4.90 Å². The van der Waals surface area contributed by atoms with E-state index in [2.05, 4.69) is 41.6 Å². The van der Waals surface area contributed by atoms with E-state index in [4.69, 9.17) is 10.2 Å². The minimum absolute atomic E-state index is 0.201. The van der Waals surface area contributed by atoms with Crippen LogP contribution < -0.4 is 5.73 Å². The number of likely N-dealkylation sites (N-methyl/N-ethyl adjacent to an activating group) is 1. The van der Waals surface area contributed by atoms with Crippen molar-refractivity contribution in [3.05, 3.63) is 58.9 Å². The topological polar surface area (TPSA) is 42.4 Å². The molecule has 0 saturated carbocycles. The summed E-state index contributed by atoms with van der Waals surface area (Å²) >= 11 is 1.78. The highest BCUT2D eigenvalue weighted by molar-refractivity contribution is 7.17. The summed E-state index contributed by atoms with van der Waals surface area (Å²) in [5.74, 6) is 1.93. The van der Waals surface area contributed by atoms with Crippen LogP contribution in [0.2, 0.25) is 0 Å². The van der Waals surface area contributed by atoms with E-state index in [1.165, 1.54) is 15.6 Å². The van der Waals surface area contributed by atoms with Gasteiger partial charge < -0.3 is 10.2 Å². The number of thiophene rings is 1. The number of hydrogen-bond donors (Lipinski definition) is 1. The van der Waals surface area contributed by atoms with Gasteiger partial charge in [0.2, 0.25) is 0 Å². The quantitative estimate of drug-likeness (QED) is 0.776. The van der Waals surface area contributed by atoms with E-state index in [0.717, 1.165) is 18.1 Å². The number of benzene rings is 1. The smallest absolute Gasteiger partial charge is 0.118 e. The highest BCUT2D eigenvalue weighted by atomic mass is 32.1. The van der Waals surface area contributed by atoms with Gasteiger partial charge in [-0.15, -0.1) is 11.3 Å². The van der Waals surface area contributed by atoms with Crippen molar-refractivity contribution in [2.45, 2.75) is 19.5 Å². The van der Waals surface area contributed by atoms with Crippen molar-refractivity contribution in [1.29, 1.82) is 0 Å². The SMILES string of the molecule is Cc1ccc(CN(C)C(CN)c2csc3ccccc23)o1. The summed E-state index contributed by atoms with van der Waals surface area (Å²) in [5.41, 5.74) is 7.36. The molecule has 0 spiro atoms. The second kappa shape index (κ2) is 6.02. The highest BCUT2D eigenvalue weighted by Gasteiger charge is 2.20. The number of fused-ring (bicyclic) bond motifs is 1. The Labute approximate surface area is 129 Å². The van der Waals surface area contributed by atoms with Crippen molar-refractivity contribution in [1.82, 2.24) is 4.90 Å². The summed E-state index contributed by atoms with van der Waals surface area (Å²) in [6.45, 7) is 3.33. The maximum Gasteiger partial charge on any atom is 0.118 e. The molecule has 0 aliphatic rings. The third kappa shape index (κ3) is 2.88. The number of aryl methyl sites for hydroxylation is 1. The maximum atomic E-state index is 6.05. The molecule has 110 valence electrons. The molecule has 0 radical (unpaired) electrons. The second-order valence-electron chi connectivity index (χ2n) is 5.37. The van der Waals surface area contributed by atoms with Crippen LogP contribution in [-0.4, -0.2) is 18.5 Å². The van der Waals surface area contributed by atoms with Crippen molar-refractivity contribution in [3.63, 3.8) is 0 Å². The molecule has 2 heterocycles. The first-order valence-corrected chi connectivity index (χ1v) is 7.98. The summed E-state index contributed by atoms with van der Waals surface area (Å²) in [4.78, 5) is 2.26. The zero-order valence-electron chi connectivity index (χ0n) is 12.4. The van der Waals surface area contributed by atoms with Gasteiger partial charge in [-0.1, -0.05) is 18.2 Å². The first kappa shape index (κ1) is 14.3. The van der Waals surface area contributed by atoms with E-state index in [1.54, 1.807) is 11.3 Å². The largest absolute Gasteiger partial charge is 0.465 e. The lowest BCUT2D eigenvalue weighted by Crippen LogP contribution is -2.29. The van der Waals surface area contributed by atoms with Crippen molar-refractivity contribution in [2.75, 3.05) is 13.6 Å². The second-order valence-corrected chi connectivity index (χ2v) is 6.28. The predicted octanol–water partition coefficient (Wildman–Crippen LogP) is 3.93. The molecule has 0 fully saturated rings. The fourth-order valence-corrected chi connectivity index (χ4v) is 3.73. The summed E-state index contributed by atoms with van der Waals surface area (Å²) < 4.78 is 6.99. The molecule has 0 amide bonds. The van der Waals surface area contributed by atoms with Crippen LogP contribution in [0.3, 0.4) is 0 Å². The Morgan fingerprint density at radius 2 is 2.05 bits per heavy atom. The van der Waals surface area contributed by atoms with Crippen LogP contribution in [0.5, 0.6) is 0 Å². The molecule has 3 aromatic rings. The molecule has 4 heteroatoms. The van der Waals surface area contributed by atoms with E-state index >= 15 is 0 Å². The average Bonchev–Trinajstić information content (AvgIpc) is 3.07. The Balaban J connectivity index is 1.87. The van der Waals surface area contributed by atoms with E-state index in [-0.39, 0.29) is 6.04 Å². The lowest BCUT2D eigenvalue weighted by molar-refractivity contribution is 0.223. The van der Waals surface area contributed by atoms with Crippen molar-refractivity contribution in [2.24, 2.45) is 5.73 Å². The predicted molar refractivity (Wildman–Crippen MR) is 88.5 cm³/mol.